The maximum Gasteiger partial charge on any atom is 0.153 e. The number of halogens is 1. The first-order valence-corrected chi connectivity index (χ1v) is 8.87. The molecule has 0 bridgehead atoms. The molecule has 0 fully saturated rings. The van der Waals surface area contributed by atoms with Crippen LogP contribution in [0.5, 0.6) is 0 Å². The Balaban J connectivity index is 2.08. The van der Waals surface area contributed by atoms with Crippen molar-refractivity contribution in [3.05, 3.63) is 40.1 Å². The molecular weight excluding hydrogens is 348 g/mol. The van der Waals surface area contributed by atoms with Gasteiger partial charge in [-0.2, -0.15) is 0 Å². The molecule has 1 heterocycles. The normalized spacial score (nSPS) is 12.6. The Morgan fingerprint density at radius 2 is 2.05 bits per heavy atom. The van der Waals surface area contributed by atoms with Crippen molar-refractivity contribution in [2.24, 2.45) is 7.05 Å². The molecular formula is C15H21BrN4S. The highest BCUT2D eigenvalue weighted by Gasteiger charge is 2.19. The van der Waals surface area contributed by atoms with Crippen LogP contribution in [0.25, 0.3) is 0 Å². The molecule has 4 nitrogen and oxygen atoms in total. The van der Waals surface area contributed by atoms with Gasteiger partial charge >= 0.3 is 0 Å². The van der Waals surface area contributed by atoms with Gasteiger partial charge in [-0.1, -0.05) is 29.8 Å². The molecule has 0 aliphatic heterocycles. The molecule has 0 saturated carbocycles. The van der Waals surface area contributed by atoms with Gasteiger partial charge in [-0.25, -0.2) is 4.68 Å². The molecule has 1 aromatic heterocycles. The maximum absolute atomic E-state index is 4.09. The Hall–Kier alpha value is -0.850. The predicted octanol–water partition coefficient (Wildman–Crippen LogP) is 3.72. The number of aromatic nitrogens is 3. The van der Waals surface area contributed by atoms with Gasteiger partial charge in [0.15, 0.2) is 4.60 Å². The SMILES string of the molecule is CCCNC(CSc1ccc(C)cc1)c1c(Br)nnn1C. The largest absolute Gasteiger partial charge is 0.308 e. The molecule has 1 unspecified atom stereocenters. The highest BCUT2D eigenvalue weighted by Crippen LogP contribution is 2.27. The Morgan fingerprint density at radius 1 is 1.33 bits per heavy atom. The Kier molecular flexibility index (Phi) is 6.26. The minimum Gasteiger partial charge on any atom is -0.308 e. The van der Waals surface area contributed by atoms with Crippen LogP contribution in [0.3, 0.4) is 0 Å². The molecule has 6 heteroatoms. The Labute approximate surface area is 138 Å². The smallest absolute Gasteiger partial charge is 0.153 e. The monoisotopic (exact) mass is 368 g/mol. The molecule has 0 amide bonds. The standard InChI is InChI=1S/C15H21BrN4S/c1-4-9-17-13(14-15(16)18-19-20(14)3)10-21-12-7-5-11(2)6-8-12/h5-8,13,17H,4,9-10H2,1-3H3. The Morgan fingerprint density at radius 3 is 2.62 bits per heavy atom. The minimum atomic E-state index is 0.227. The molecule has 0 aliphatic carbocycles. The topological polar surface area (TPSA) is 42.7 Å². The van der Waals surface area contributed by atoms with Crippen molar-refractivity contribution < 1.29 is 0 Å². The Bertz CT molecular complexity index is 548. The van der Waals surface area contributed by atoms with E-state index in [2.05, 4.69) is 69.7 Å². The molecule has 1 N–H and O–H groups in total. The van der Waals surface area contributed by atoms with Gasteiger partial charge in [-0.05, 0) is 48.0 Å². The van der Waals surface area contributed by atoms with E-state index in [9.17, 15) is 0 Å². The summed E-state index contributed by atoms with van der Waals surface area (Å²) in [5, 5.41) is 11.8. The van der Waals surface area contributed by atoms with E-state index in [1.54, 1.807) is 0 Å². The average Bonchev–Trinajstić information content (AvgIpc) is 2.81. The van der Waals surface area contributed by atoms with E-state index in [4.69, 9.17) is 0 Å². The summed E-state index contributed by atoms with van der Waals surface area (Å²) in [6, 6.07) is 8.88. The van der Waals surface area contributed by atoms with E-state index in [0.717, 1.165) is 29.0 Å². The molecule has 1 atom stereocenters. The zero-order chi connectivity index (χ0) is 15.2. The summed E-state index contributed by atoms with van der Waals surface area (Å²) in [6.45, 7) is 5.27. The van der Waals surface area contributed by atoms with E-state index in [-0.39, 0.29) is 6.04 Å². The maximum atomic E-state index is 4.09. The number of hydrogen-bond acceptors (Lipinski definition) is 4. The fourth-order valence-electron chi connectivity index (χ4n) is 2.08. The van der Waals surface area contributed by atoms with Crippen molar-refractivity contribution in [2.45, 2.75) is 31.2 Å². The summed E-state index contributed by atoms with van der Waals surface area (Å²) >= 11 is 5.35. The third kappa shape index (κ3) is 4.56. The van der Waals surface area contributed by atoms with Gasteiger partial charge < -0.3 is 5.32 Å². The zero-order valence-corrected chi connectivity index (χ0v) is 15.0. The fourth-order valence-corrected chi connectivity index (χ4v) is 3.64. The van der Waals surface area contributed by atoms with Gasteiger partial charge in [0.1, 0.15) is 0 Å². The number of nitrogens with zero attached hydrogens (tertiary/aromatic N) is 3. The predicted molar refractivity (Wildman–Crippen MR) is 91.6 cm³/mol. The second-order valence-electron chi connectivity index (χ2n) is 5.02. The summed E-state index contributed by atoms with van der Waals surface area (Å²) in [7, 11) is 1.93. The number of hydrogen-bond donors (Lipinski definition) is 1. The van der Waals surface area contributed by atoms with Crippen LogP contribution in [0.15, 0.2) is 33.8 Å². The summed E-state index contributed by atoms with van der Waals surface area (Å²) in [5.74, 6) is 0.947. The molecule has 2 aromatic rings. The van der Waals surface area contributed by atoms with Crippen LogP contribution in [-0.4, -0.2) is 27.3 Å². The van der Waals surface area contributed by atoms with Crippen LogP contribution in [0.1, 0.15) is 30.6 Å². The number of thioether (sulfide) groups is 1. The van der Waals surface area contributed by atoms with Gasteiger partial charge in [-0.15, -0.1) is 16.9 Å². The van der Waals surface area contributed by atoms with Crippen LogP contribution in [0, 0.1) is 6.92 Å². The highest BCUT2D eigenvalue weighted by molar-refractivity contribution is 9.10. The van der Waals surface area contributed by atoms with Gasteiger partial charge in [0, 0.05) is 17.7 Å². The third-order valence-corrected chi connectivity index (χ3v) is 4.91. The third-order valence-electron chi connectivity index (χ3n) is 3.24. The lowest BCUT2D eigenvalue weighted by molar-refractivity contribution is 0.531. The number of aryl methyl sites for hydroxylation is 2. The van der Waals surface area contributed by atoms with E-state index in [0.29, 0.717) is 0 Å². The second-order valence-corrected chi connectivity index (χ2v) is 6.86. The molecule has 0 saturated heterocycles. The van der Waals surface area contributed by atoms with Gasteiger partial charge in [0.2, 0.25) is 0 Å². The molecule has 0 radical (unpaired) electrons. The lowest BCUT2D eigenvalue weighted by Crippen LogP contribution is -2.26. The van der Waals surface area contributed by atoms with Gasteiger partial charge in [0.25, 0.3) is 0 Å². The van der Waals surface area contributed by atoms with Crippen molar-refractivity contribution in [3.8, 4) is 0 Å². The first-order valence-electron chi connectivity index (χ1n) is 7.09. The minimum absolute atomic E-state index is 0.227. The zero-order valence-electron chi connectivity index (χ0n) is 12.6. The summed E-state index contributed by atoms with van der Waals surface area (Å²) in [4.78, 5) is 1.29. The number of benzene rings is 1. The van der Waals surface area contributed by atoms with Crippen molar-refractivity contribution in [1.29, 1.82) is 0 Å². The highest BCUT2D eigenvalue weighted by atomic mass is 79.9. The van der Waals surface area contributed by atoms with Crippen molar-refractivity contribution in [3.63, 3.8) is 0 Å². The van der Waals surface area contributed by atoms with Crippen LogP contribution in [0.4, 0.5) is 0 Å². The number of rotatable bonds is 7. The lowest BCUT2D eigenvalue weighted by Gasteiger charge is -2.18. The van der Waals surface area contributed by atoms with Crippen molar-refractivity contribution in [1.82, 2.24) is 20.3 Å². The molecule has 114 valence electrons. The number of nitrogens with one attached hydrogen (secondary N) is 1. The molecule has 1 aromatic carbocycles. The van der Waals surface area contributed by atoms with Crippen LogP contribution in [-0.2, 0) is 7.05 Å². The van der Waals surface area contributed by atoms with Crippen LogP contribution in [0.2, 0.25) is 0 Å². The molecule has 2 rings (SSSR count). The van der Waals surface area contributed by atoms with Gasteiger partial charge in [0.05, 0.1) is 11.7 Å². The first kappa shape index (κ1) is 16.5. The molecule has 21 heavy (non-hydrogen) atoms. The van der Waals surface area contributed by atoms with Crippen LogP contribution >= 0.6 is 27.7 Å². The van der Waals surface area contributed by atoms with E-state index in [1.165, 1.54) is 10.5 Å². The van der Waals surface area contributed by atoms with Crippen LogP contribution < -0.4 is 5.32 Å². The van der Waals surface area contributed by atoms with Crippen molar-refractivity contribution >= 4 is 27.7 Å². The average molecular weight is 369 g/mol. The summed E-state index contributed by atoms with van der Waals surface area (Å²) in [5.41, 5.74) is 2.39. The summed E-state index contributed by atoms with van der Waals surface area (Å²) < 4.78 is 2.66. The van der Waals surface area contributed by atoms with E-state index in [1.807, 2.05) is 23.5 Å². The fraction of sp³-hybridized carbons (Fsp3) is 0.467. The molecule has 0 spiro atoms. The van der Waals surface area contributed by atoms with E-state index < -0.39 is 0 Å². The molecule has 0 aliphatic rings. The van der Waals surface area contributed by atoms with Gasteiger partial charge in [-0.3, -0.25) is 0 Å². The lowest BCUT2D eigenvalue weighted by atomic mass is 10.2. The quantitative estimate of drug-likeness (QED) is 0.756. The second kappa shape index (κ2) is 7.96. The summed E-state index contributed by atoms with van der Waals surface area (Å²) in [6.07, 6.45) is 1.11. The van der Waals surface area contributed by atoms with Crippen molar-refractivity contribution in [2.75, 3.05) is 12.3 Å². The van der Waals surface area contributed by atoms with E-state index >= 15 is 0 Å². The first-order chi connectivity index (χ1) is 10.1.